The third-order valence-corrected chi connectivity index (χ3v) is 5.80. The molecule has 29 heavy (non-hydrogen) atoms. The van der Waals surface area contributed by atoms with E-state index in [1.165, 1.54) is 5.56 Å². The van der Waals surface area contributed by atoms with Crippen molar-refractivity contribution in [2.45, 2.75) is 19.3 Å². The van der Waals surface area contributed by atoms with E-state index in [4.69, 9.17) is 11.6 Å². The number of hydrogen-bond acceptors (Lipinski definition) is 3. The fourth-order valence-electron chi connectivity index (χ4n) is 3.39. The van der Waals surface area contributed by atoms with Crippen molar-refractivity contribution in [3.05, 3.63) is 63.6 Å². The highest BCUT2D eigenvalue weighted by atomic mass is 79.9. The Bertz CT molecular complexity index is 839. The summed E-state index contributed by atoms with van der Waals surface area (Å²) < 4.78 is 0.866. The Balaban J connectivity index is 1.37. The van der Waals surface area contributed by atoms with Crippen LogP contribution in [0, 0.1) is 0 Å². The van der Waals surface area contributed by atoms with E-state index in [2.05, 4.69) is 38.3 Å². The topological polar surface area (TPSA) is 52.7 Å². The number of piperazine rings is 1. The van der Waals surface area contributed by atoms with Crippen LogP contribution in [0.5, 0.6) is 0 Å². The van der Waals surface area contributed by atoms with Gasteiger partial charge in [-0.2, -0.15) is 0 Å². The van der Waals surface area contributed by atoms with E-state index < -0.39 is 0 Å². The van der Waals surface area contributed by atoms with Crippen LogP contribution in [-0.4, -0.2) is 54.3 Å². The Morgan fingerprint density at radius 3 is 2.45 bits per heavy atom. The van der Waals surface area contributed by atoms with Gasteiger partial charge in [0.2, 0.25) is 11.8 Å². The molecule has 2 aromatic rings. The molecule has 0 bridgehead atoms. The van der Waals surface area contributed by atoms with Crippen molar-refractivity contribution in [1.82, 2.24) is 9.80 Å². The molecule has 1 N–H and O–H groups in total. The maximum Gasteiger partial charge on any atom is 0.238 e. The lowest BCUT2D eigenvalue weighted by Crippen LogP contribution is -2.50. The highest BCUT2D eigenvalue weighted by Crippen LogP contribution is 2.25. The molecule has 1 fully saturated rings. The number of amides is 2. The first-order valence-electron chi connectivity index (χ1n) is 9.80. The zero-order valence-corrected chi connectivity index (χ0v) is 18.6. The molecule has 0 aromatic heterocycles. The number of halogens is 2. The highest BCUT2D eigenvalue weighted by Gasteiger charge is 2.22. The Kier molecular flexibility index (Phi) is 8.09. The number of nitrogens with zero attached hydrogens (tertiary/aromatic N) is 2. The quantitative estimate of drug-likeness (QED) is 0.649. The molecule has 0 saturated carbocycles. The number of rotatable bonds is 7. The predicted octanol–water partition coefficient (Wildman–Crippen LogP) is 4.21. The summed E-state index contributed by atoms with van der Waals surface area (Å²) >= 11 is 9.50. The molecule has 1 aliphatic heterocycles. The molecule has 2 aromatic carbocycles. The van der Waals surface area contributed by atoms with Gasteiger partial charge in [-0.05, 0) is 36.6 Å². The first-order valence-corrected chi connectivity index (χ1v) is 11.0. The minimum absolute atomic E-state index is 0.100. The fourth-order valence-corrected chi connectivity index (χ4v) is 4.11. The van der Waals surface area contributed by atoms with Gasteiger partial charge in [-0.25, -0.2) is 0 Å². The Labute approximate surface area is 185 Å². The first-order chi connectivity index (χ1) is 14.0. The third-order valence-electron chi connectivity index (χ3n) is 5.00. The number of hydrogen-bond donors (Lipinski definition) is 1. The minimum atomic E-state index is -0.100. The molecule has 7 heteroatoms. The number of carbonyl (C=O) groups excluding carboxylic acids is 2. The Morgan fingerprint density at radius 2 is 1.76 bits per heavy atom. The fraction of sp³-hybridized carbons (Fsp3) is 0.364. The van der Waals surface area contributed by atoms with Crippen LogP contribution in [0.3, 0.4) is 0 Å². The van der Waals surface area contributed by atoms with Crippen LogP contribution in [-0.2, 0) is 16.0 Å². The van der Waals surface area contributed by atoms with Gasteiger partial charge in [-0.1, -0.05) is 57.9 Å². The maximum absolute atomic E-state index is 12.4. The normalized spacial score (nSPS) is 14.6. The zero-order valence-electron chi connectivity index (χ0n) is 16.2. The number of anilines is 1. The lowest BCUT2D eigenvalue weighted by Gasteiger charge is -2.34. The summed E-state index contributed by atoms with van der Waals surface area (Å²) in [6.45, 7) is 3.02. The van der Waals surface area contributed by atoms with Gasteiger partial charge in [0, 0.05) is 37.1 Å². The molecule has 1 saturated heterocycles. The van der Waals surface area contributed by atoms with Crippen molar-refractivity contribution in [3.8, 4) is 0 Å². The van der Waals surface area contributed by atoms with Crippen LogP contribution in [0.1, 0.15) is 18.4 Å². The van der Waals surface area contributed by atoms with Crippen molar-refractivity contribution in [2.75, 3.05) is 38.0 Å². The monoisotopic (exact) mass is 477 g/mol. The second kappa shape index (κ2) is 10.8. The largest absolute Gasteiger partial charge is 0.340 e. The number of carbonyl (C=O) groups is 2. The standard InChI is InChI=1S/C22H25BrClN3O2/c23-18-9-10-20(19(24)15-18)25-21(28)16-26-11-13-27(14-12-26)22(29)8-4-7-17-5-2-1-3-6-17/h1-3,5-6,9-10,15H,4,7-8,11-14,16H2,(H,25,28). The van der Waals surface area contributed by atoms with Crippen LogP contribution in [0.2, 0.25) is 5.02 Å². The van der Waals surface area contributed by atoms with Gasteiger partial charge in [0.1, 0.15) is 0 Å². The Hall–Kier alpha value is -1.89. The van der Waals surface area contributed by atoms with E-state index in [-0.39, 0.29) is 11.8 Å². The molecule has 0 unspecified atom stereocenters. The first kappa shape index (κ1) is 21.8. The molecule has 0 spiro atoms. The number of benzene rings is 2. The molecule has 1 heterocycles. The second-order valence-corrected chi connectivity index (χ2v) is 8.49. The molecule has 3 rings (SSSR count). The van der Waals surface area contributed by atoms with Crippen LogP contribution in [0.25, 0.3) is 0 Å². The Morgan fingerprint density at radius 1 is 1.03 bits per heavy atom. The van der Waals surface area contributed by atoms with Crippen molar-refractivity contribution in [2.24, 2.45) is 0 Å². The SMILES string of the molecule is O=C(CN1CCN(C(=O)CCCc2ccccc2)CC1)Nc1ccc(Br)cc1Cl. The molecular formula is C22H25BrClN3O2. The summed E-state index contributed by atoms with van der Waals surface area (Å²) in [5, 5.41) is 3.35. The lowest BCUT2D eigenvalue weighted by molar-refractivity contribution is -0.133. The van der Waals surface area contributed by atoms with Gasteiger partial charge in [0.25, 0.3) is 0 Å². The number of aryl methyl sites for hydroxylation is 1. The van der Waals surface area contributed by atoms with Crippen LogP contribution < -0.4 is 5.32 Å². The third kappa shape index (κ3) is 6.84. The van der Waals surface area contributed by atoms with Gasteiger partial charge in [0.05, 0.1) is 17.3 Å². The second-order valence-electron chi connectivity index (χ2n) is 7.17. The van der Waals surface area contributed by atoms with Gasteiger partial charge in [0.15, 0.2) is 0 Å². The van der Waals surface area contributed by atoms with Crippen LogP contribution in [0.4, 0.5) is 5.69 Å². The van der Waals surface area contributed by atoms with Crippen molar-refractivity contribution < 1.29 is 9.59 Å². The van der Waals surface area contributed by atoms with Gasteiger partial charge >= 0.3 is 0 Å². The van der Waals surface area contributed by atoms with Crippen molar-refractivity contribution in [3.63, 3.8) is 0 Å². The maximum atomic E-state index is 12.4. The highest BCUT2D eigenvalue weighted by molar-refractivity contribution is 9.10. The van der Waals surface area contributed by atoms with E-state index in [1.54, 1.807) is 12.1 Å². The van der Waals surface area contributed by atoms with E-state index in [9.17, 15) is 9.59 Å². The average molecular weight is 479 g/mol. The van der Waals surface area contributed by atoms with Gasteiger partial charge in [-0.3, -0.25) is 14.5 Å². The lowest BCUT2D eigenvalue weighted by atomic mass is 10.1. The van der Waals surface area contributed by atoms with E-state index in [1.807, 2.05) is 29.2 Å². The average Bonchev–Trinajstić information content (AvgIpc) is 2.71. The van der Waals surface area contributed by atoms with Crippen LogP contribution in [0.15, 0.2) is 53.0 Å². The van der Waals surface area contributed by atoms with Crippen molar-refractivity contribution >= 4 is 45.0 Å². The van der Waals surface area contributed by atoms with E-state index in [0.717, 1.165) is 17.3 Å². The molecule has 1 aliphatic rings. The van der Waals surface area contributed by atoms with Gasteiger partial charge < -0.3 is 10.2 Å². The molecule has 5 nitrogen and oxygen atoms in total. The summed E-state index contributed by atoms with van der Waals surface area (Å²) in [4.78, 5) is 28.7. The van der Waals surface area contributed by atoms with Crippen molar-refractivity contribution in [1.29, 1.82) is 0 Å². The molecule has 2 amide bonds. The smallest absolute Gasteiger partial charge is 0.238 e. The number of nitrogens with one attached hydrogen (secondary N) is 1. The molecule has 0 atom stereocenters. The molecule has 154 valence electrons. The van der Waals surface area contributed by atoms with E-state index >= 15 is 0 Å². The molecule has 0 aliphatic carbocycles. The predicted molar refractivity (Wildman–Crippen MR) is 120 cm³/mol. The van der Waals surface area contributed by atoms with Crippen LogP contribution >= 0.6 is 27.5 Å². The zero-order chi connectivity index (χ0) is 20.6. The molecular weight excluding hydrogens is 454 g/mol. The minimum Gasteiger partial charge on any atom is -0.340 e. The summed E-state index contributed by atoms with van der Waals surface area (Å²) in [5.41, 5.74) is 1.87. The summed E-state index contributed by atoms with van der Waals surface area (Å²) in [7, 11) is 0. The summed E-state index contributed by atoms with van der Waals surface area (Å²) in [6.07, 6.45) is 2.35. The molecule has 0 radical (unpaired) electrons. The summed E-state index contributed by atoms with van der Waals surface area (Å²) in [5.74, 6) is 0.100. The summed E-state index contributed by atoms with van der Waals surface area (Å²) in [6, 6.07) is 15.6. The van der Waals surface area contributed by atoms with E-state index in [0.29, 0.717) is 49.9 Å². The van der Waals surface area contributed by atoms with Gasteiger partial charge in [-0.15, -0.1) is 0 Å².